The Morgan fingerprint density at radius 1 is 0.968 bits per heavy atom. The number of carbonyl (C=O) groups excluding carboxylic acids is 1. The maximum atomic E-state index is 13.8. The molecule has 0 aliphatic carbocycles. The molecule has 0 saturated heterocycles. The largest absolute Gasteiger partial charge is 0.350 e. The van der Waals surface area contributed by atoms with E-state index in [9.17, 15) is 13.6 Å². The van der Waals surface area contributed by atoms with E-state index in [1.54, 1.807) is 11.8 Å². The van der Waals surface area contributed by atoms with Gasteiger partial charge in [-0.3, -0.25) is 4.79 Å². The number of fused-ring (bicyclic) bond motifs is 1. The van der Waals surface area contributed by atoms with E-state index in [4.69, 9.17) is 0 Å². The third kappa shape index (κ3) is 4.64. The van der Waals surface area contributed by atoms with Crippen molar-refractivity contribution >= 4 is 28.6 Å². The van der Waals surface area contributed by atoms with E-state index < -0.39 is 23.1 Å². The van der Waals surface area contributed by atoms with Crippen LogP contribution in [0.25, 0.3) is 10.9 Å². The first-order chi connectivity index (χ1) is 15.0. The fraction of sp³-hybridized carbons (Fsp3) is 0.160. The number of para-hydroxylation sites is 1. The van der Waals surface area contributed by atoms with Crippen LogP contribution in [-0.2, 0) is 12.3 Å². The number of rotatable bonds is 7. The Hall–Kier alpha value is -3.12. The van der Waals surface area contributed by atoms with Crippen LogP contribution in [0.1, 0.15) is 21.5 Å². The van der Waals surface area contributed by atoms with Gasteiger partial charge in [0.25, 0.3) is 5.91 Å². The van der Waals surface area contributed by atoms with Gasteiger partial charge in [0.15, 0.2) is 0 Å². The summed E-state index contributed by atoms with van der Waals surface area (Å²) in [7, 11) is 0. The summed E-state index contributed by atoms with van der Waals surface area (Å²) in [6, 6.07) is 19.8. The van der Waals surface area contributed by atoms with E-state index in [2.05, 4.69) is 41.2 Å². The van der Waals surface area contributed by atoms with Crippen LogP contribution in [0, 0.1) is 18.6 Å². The number of nitrogens with zero attached hydrogens (tertiary/aromatic N) is 1. The molecule has 3 nitrogen and oxygen atoms in total. The summed E-state index contributed by atoms with van der Waals surface area (Å²) in [6.45, 7) is 2.86. The van der Waals surface area contributed by atoms with Crippen molar-refractivity contribution in [2.45, 2.75) is 24.1 Å². The molecule has 0 radical (unpaired) electrons. The highest BCUT2D eigenvalue weighted by atomic mass is 32.2. The molecule has 1 aromatic heterocycles. The number of carbonyl (C=O) groups is 1. The summed E-state index contributed by atoms with van der Waals surface area (Å²) in [5.41, 5.74) is 3.07. The predicted octanol–water partition coefficient (Wildman–Crippen LogP) is 5.95. The Bertz CT molecular complexity index is 1220. The molecular formula is C25H22F2N2OS. The molecule has 1 heterocycles. The third-order valence-electron chi connectivity index (χ3n) is 5.22. The molecule has 0 saturated carbocycles. The Kier molecular flexibility index (Phi) is 6.37. The number of halogens is 2. The van der Waals surface area contributed by atoms with Gasteiger partial charge in [-0.15, -0.1) is 11.8 Å². The van der Waals surface area contributed by atoms with Crippen molar-refractivity contribution in [1.82, 2.24) is 9.88 Å². The van der Waals surface area contributed by atoms with Gasteiger partial charge in [0.05, 0.1) is 0 Å². The van der Waals surface area contributed by atoms with Crippen molar-refractivity contribution in [2.75, 3.05) is 6.54 Å². The number of aromatic nitrogens is 1. The van der Waals surface area contributed by atoms with Crippen molar-refractivity contribution in [2.24, 2.45) is 0 Å². The van der Waals surface area contributed by atoms with Crippen LogP contribution in [0.4, 0.5) is 8.78 Å². The first-order valence-electron chi connectivity index (χ1n) is 10.0. The maximum absolute atomic E-state index is 13.8. The first kappa shape index (κ1) is 21.1. The molecule has 0 bridgehead atoms. The molecule has 0 atom stereocenters. The molecule has 0 aliphatic heterocycles. The van der Waals surface area contributed by atoms with Gasteiger partial charge in [-0.25, -0.2) is 8.78 Å². The molecule has 0 spiro atoms. The standard InChI is InChI=1S/C25H22F2N2OS/c1-17-7-2-3-8-18(17)16-31-23-15-29(22-12-5-4-9-19(22)23)14-13-28-25(30)24-20(26)10-6-11-21(24)27/h2-12,15H,13-14,16H2,1H3,(H,28,30). The van der Waals surface area contributed by atoms with Gasteiger partial charge in [0.2, 0.25) is 0 Å². The normalized spacial score (nSPS) is 11.1. The van der Waals surface area contributed by atoms with Gasteiger partial charge < -0.3 is 9.88 Å². The second-order valence-corrected chi connectivity index (χ2v) is 8.29. The molecule has 158 valence electrons. The number of amides is 1. The number of thioether (sulfide) groups is 1. The van der Waals surface area contributed by atoms with Crippen LogP contribution < -0.4 is 5.32 Å². The number of nitrogens with one attached hydrogen (secondary N) is 1. The highest BCUT2D eigenvalue weighted by Gasteiger charge is 2.16. The monoisotopic (exact) mass is 436 g/mol. The molecule has 0 unspecified atom stereocenters. The lowest BCUT2D eigenvalue weighted by atomic mass is 10.1. The molecule has 0 fully saturated rings. The number of benzene rings is 3. The Morgan fingerprint density at radius 3 is 2.45 bits per heavy atom. The van der Waals surface area contributed by atoms with Crippen molar-refractivity contribution in [3.8, 4) is 0 Å². The maximum Gasteiger partial charge on any atom is 0.257 e. The minimum atomic E-state index is -0.862. The van der Waals surface area contributed by atoms with Gasteiger partial charge in [-0.2, -0.15) is 0 Å². The third-order valence-corrected chi connectivity index (χ3v) is 6.32. The average Bonchev–Trinajstić information content (AvgIpc) is 3.11. The zero-order valence-corrected chi connectivity index (χ0v) is 17.9. The van der Waals surface area contributed by atoms with Crippen LogP contribution in [-0.4, -0.2) is 17.0 Å². The van der Waals surface area contributed by atoms with Crippen molar-refractivity contribution in [1.29, 1.82) is 0 Å². The molecule has 1 amide bonds. The molecule has 1 N–H and O–H groups in total. The average molecular weight is 437 g/mol. The smallest absolute Gasteiger partial charge is 0.257 e. The Balaban J connectivity index is 1.47. The zero-order chi connectivity index (χ0) is 21.8. The van der Waals surface area contributed by atoms with Crippen LogP contribution in [0.5, 0.6) is 0 Å². The van der Waals surface area contributed by atoms with E-state index >= 15 is 0 Å². The van der Waals surface area contributed by atoms with E-state index in [-0.39, 0.29) is 6.54 Å². The highest BCUT2D eigenvalue weighted by Crippen LogP contribution is 2.32. The van der Waals surface area contributed by atoms with Crippen LogP contribution in [0.3, 0.4) is 0 Å². The molecular weight excluding hydrogens is 414 g/mol. The van der Waals surface area contributed by atoms with Crippen molar-refractivity contribution < 1.29 is 13.6 Å². The fourth-order valence-electron chi connectivity index (χ4n) is 3.53. The number of hydrogen-bond acceptors (Lipinski definition) is 2. The molecule has 4 aromatic rings. The van der Waals surface area contributed by atoms with Crippen molar-refractivity contribution in [3.63, 3.8) is 0 Å². The lowest BCUT2D eigenvalue weighted by molar-refractivity contribution is 0.0944. The first-order valence-corrected chi connectivity index (χ1v) is 11.0. The van der Waals surface area contributed by atoms with Gasteiger partial charge in [-0.1, -0.05) is 48.5 Å². The minimum Gasteiger partial charge on any atom is -0.350 e. The van der Waals surface area contributed by atoms with Gasteiger partial charge in [0, 0.05) is 40.8 Å². The zero-order valence-electron chi connectivity index (χ0n) is 17.1. The summed E-state index contributed by atoms with van der Waals surface area (Å²) in [4.78, 5) is 13.4. The summed E-state index contributed by atoms with van der Waals surface area (Å²) in [5.74, 6) is -1.61. The van der Waals surface area contributed by atoms with E-state index in [0.29, 0.717) is 6.54 Å². The number of aryl methyl sites for hydroxylation is 1. The highest BCUT2D eigenvalue weighted by molar-refractivity contribution is 7.98. The van der Waals surface area contributed by atoms with Crippen LogP contribution in [0.2, 0.25) is 0 Å². The lowest BCUT2D eigenvalue weighted by Gasteiger charge is -2.09. The molecule has 0 aliphatic rings. The minimum absolute atomic E-state index is 0.257. The second kappa shape index (κ2) is 9.35. The second-order valence-electron chi connectivity index (χ2n) is 7.27. The van der Waals surface area contributed by atoms with Crippen LogP contribution in [0.15, 0.2) is 77.8 Å². The van der Waals surface area contributed by atoms with Crippen molar-refractivity contribution in [3.05, 3.63) is 101 Å². The van der Waals surface area contributed by atoms with Crippen LogP contribution >= 0.6 is 11.8 Å². The van der Waals surface area contributed by atoms with E-state index in [1.165, 1.54) is 17.2 Å². The lowest BCUT2D eigenvalue weighted by Crippen LogP contribution is -2.28. The summed E-state index contributed by atoms with van der Waals surface area (Å²) in [5, 5.41) is 3.77. The molecule has 6 heteroatoms. The number of hydrogen-bond donors (Lipinski definition) is 1. The van der Waals surface area contributed by atoms with Gasteiger partial charge in [-0.05, 0) is 36.2 Å². The topological polar surface area (TPSA) is 34.0 Å². The molecule has 31 heavy (non-hydrogen) atoms. The Labute approximate surface area is 184 Å². The van der Waals surface area contributed by atoms with E-state index in [1.807, 2.05) is 30.3 Å². The molecule has 3 aromatic carbocycles. The van der Waals surface area contributed by atoms with E-state index in [0.717, 1.165) is 33.7 Å². The van der Waals surface area contributed by atoms with Gasteiger partial charge in [0.1, 0.15) is 17.2 Å². The summed E-state index contributed by atoms with van der Waals surface area (Å²) >= 11 is 1.77. The molecule has 4 rings (SSSR count). The summed E-state index contributed by atoms with van der Waals surface area (Å²) in [6.07, 6.45) is 2.07. The Morgan fingerprint density at radius 2 is 1.68 bits per heavy atom. The fourth-order valence-corrected chi connectivity index (χ4v) is 4.70. The quantitative estimate of drug-likeness (QED) is 0.363. The SMILES string of the molecule is Cc1ccccc1CSc1cn(CCNC(=O)c2c(F)cccc2F)c2ccccc12. The van der Waals surface area contributed by atoms with Gasteiger partial charge >= 0.3 is 0 Å². The predicted molar refractivity (Wildman–Crippen MR) is 121 cm³/mol. The summed E-state index contributed by atoms with van der Waals surface area (Å²) < 4.78 is 29.7.